The average Bonchev–Trinajstić information content (AvgIpc) is 2.38. The maximum absolute atomic E-state index is 4.90. The first-order chi connectivity index (χ1) is 4.84. The van der Waals surface area contributed by atoms with Gasteiger partial charge in [0.2, 0.25) is 0 Å². The van der Waals surface area contributed by atoms with Gasteiger partial charge in [-0.2, -0.15) is 5.10 Å². The maximum Gasteiger partial charge on any atom is 0.0760 e. The monoisotopic (exact) mass is 141 g/mol. The summed E-state index contributed by atoms with van der Waals surface area (Å²) in [4.78, 5) is 4.48. The summed E-state index contributed by atoms with van der Waals surface area (Å²) in [5.74, 6) is 5.19. The Balaban J connectivity index is 2.50. The van der Waals surface area contributed by atoms with Crippen LogP contribution in [0.1, 0.15) is 18.5 Å². The Kier molecular flexibility index (Phi) is 2.42. The van der Waals surface area contributed by atoms with Crippen LogP contribution in [0.2, 0.25) is 0 Å². The molecular weight excluding hydrogens is 130 g/mol. The molecule has 0 saturated carbocycles. The lowest BCUT2D eigenvalue weighted by atomic mass is 10.1. The zero-order valence-electron chi connectivity index (χ0n) is 5.87. The second-order valence-corrected chi connectivity index (χ2v) is 2.25. The van der Waals surface area contributed by atoms with Crippen molar-refractivity contribution in [1.29, 1.82) is 0 Å². The second-order valence-electron chi connectivity index (χ2n) is 2.25. The molecule has 0 aliphatic carbocycles. The smallest absolute Gasteiger partial charge is 0.0760 e. The van der Waals surface area contributed by atoms with Crippen molar-refractivity contribution >= 4 is 0 Å². The molecule has 1 heterocycles. The highest BCUT2D eigenvalue weighted by molar-refractivity contribution is 5.03. The molecule has 3 N–H and O–H groups in total. The molecule has 0 amide bonds. The van der Waals surface area contributed by atoms with Gasteiger partial charge in [0.1, 0.15) is 0 Å². The molecule has 1 aromatic heterocycles. The van der Waals surface area contributed by atoms with Gasteiger partial charge in [-0.1, -0.05) is 6.92 Å². The highest BCUT2D eigenvalue weighted by Crippen LogP contribution is 2.09. The molecule has 0 fully saturated rings. The van der Waals surface area contributed by atoms with E-state index in [0.717, 1.165) is 5.69 Å². The summed E-state index contributed by atoms with van der Waals surface area (Å²) in [6, 6.07) is 1.91. The van der Waals surface area contributed by atoms with Gasteiger partial charge < -0.3 is 4.84 Å². The molecule has 4 heteroatoms. The van der Waals surface area contributed by atoms with E-state index >= 15 is 0 Å². The largest absolute Gasteiger partial charge is 0.304 e. The molecule has 0 aliphatic rings. The molecule has 1 rings (SSSR count). The summed E-state index contributed by atoms with van der Waals surface area (Å²) in [6.45, 7) is 2.53. The highest BCUT2D eigenvalue weighted by atomic mass is 16.6. The Morgan fingerprint density at radius 1 is 1.90 bits per heavy atom. The Morgan fingerprint density at radius 3 is 3.20 bits per heavy atom. The first-order valence-corrected chi connectivity index (χ1v) is 3.15. The third-order valence-corrected chi connectivity index (χ3v) is 1.40. The van der Waals surface area contributed by atoms with Gasteiger partial charge in [0.15, 0.2) is 0 Å². The molecule has 0 bridgehead atoms. The molecule has 0 aromatic carbocycles. The molecule has 10 heavy (non-hydrogen) atoms. The molecule has 0 radical (unpaired) electrons. The van der Waals surface area contributed by atoms with E-state index in [1.54, 1.807) is 6.20 Å². The number of aromatic nitrogens is 2. The number of hydrogen-bond acceptors (Lipinski definition) is 3. The van der Waals surface area contributed by atoms with Crippen LogP contribution >= 0.6 is 0 Å². The van der Waals surface area contributed by atoms with Gasteiger partial charge in [-0.3, -0.25) is 5.10 Å². The Morgan fingerprint density at radius 2 is 2.70 bits per heavy atom. The van der Waals surface area contributed by atoms with Gasteiger partial charge in [0.25, 0.3) is 0 Å². The topological polar surface area (TPSA) is 63.9 Å². The fourth-order valence-corrected chi connectivity index (χ4v) is 0.775. The third-order valence-electron chi connectivity index (χ3n) is 1.40. The molecule has 0 spiro atoms. The second kappa shape index (κ2) is 3.34. The lowest BCUT2D eigenvalue weighted by molar-refractivity contribution is 0.126. The quantitative estimate of drug-likeness (QED) is 0.599. The summed E-state index contributed by atoms with van der Waals surface area (Å²) >= 11 is 0. The van der Waals surface area contributed by atoms with Crippen LogP contribution in [0.5, 0.6) is 0 Å². The SMILES string of the molecule is CC(CON)c1ccn[nH]1. The summed E-state index contributed by atoms with van der Waals surface area (Å²) in [6.07, 6.45) is 1.71. The number of aromatic amines is 1. The van der Waals surface area contributed by atoms with Crippen molar-refractivity contribution in [3.05, 3.63) is 18.0 Å². The third kappa shape index (κ3) is 1.55. The van der Waals surface area contributed by atoms with E-state index in [2.05, 4.69) is 15.0 Å². The molecular formula is C6H11N3O. The first kappa shape index (κ1) is 7.24. The number of rotatable bonds is 3. The number of hydrogen-bond donors (Lipinski definition) is 2. The van der Waals surface area contributed by atoms with Crippen LogP contribution in [0.4, 0.5) is 0 Å². The Bertz CT molecular complexity index is 173. The van der Waals surface area contributed by atoms with Crippen molar-refractivity contribution < 1.29 is 4.84 Å². The van der Waals surface area contributed by atoms with E-state index in [9.17, 15) is 0 Å². The van der Waals surface area contributed by atoms with Crippen molar-refractivity contribution in [3.63, 3.8) is 0 Å². The molecule has 0 saturated heterocycles. The van der Waals surface area contributed by atoms with Gasteiger partial charge >= 0.3 is 0 Å². The zero-order valence-corrected chi connectivity index (χ0v) is 5.87. The van der Waals surface area contributed by atoms with E-state index in [-0.39, 0.29) is 5.92 Å². The summed E-state index contributed by atoms with van der Waals surface area (Å²) in [5, 5.41) is 6.64. The van der Waals surface area contributed by atoms with Gasteiger partial charge in [-0.05, 0) is 6.07 Å². The van der Waals surface area contributed by atoms with Crippen molar-refractivity contribution in [2.24, 2.45) is 5.90 Å². The van der Waals surface area contributed by atoms with Crippen LogP contribution in [0.25, 0.3) is 0 Å². The predicted molar refractivity (Wildman–Crippen MR) is 37.1 cm³/mol. The van der Waals surface area contributed by atoms with Crippen molar-refractivity contribution in [2.45, 2.75) is 12.8 Å². The van der Waals surface area contributed by atoms with E-state index in [4.69, 9.17) is 5.90 Å². The number of nitrogens with two attached hydrogens (primary N) is 1. The lowest BCUT2D eigenvalue weighted by Gasteiger charge is -2.04. The Labute approximate surface area is 59.3 Å². The normalized spacial score (nSPS) is 13.4. The maximum atomic E-state index is 4.90. The van der Waals surface area contributed by atoms with Crippen LogP contribution in [0, 0.1) is 0 Å². The fourth-order valence-electron chi connectivity index (χ4n) is 0.775. The summed E-state index contributed by atoms with van der Waals surface area (Å²) in [7, 11) is 0. The van der Waals surface area contributed by atoms with E-state index in [1.165, 1.54) is 0 Å². The predicted octanol–water partition coefficient (Wildman–Crippen LogP) is 0.404. The van der Waals surface area contributed by atoms with Crippen molar-refractivity contribution in [3.8, 4) is 0 Å². The number of nitrogens with one attached hydrogen (secondary N) is 1. The molecule has 4 nitrogen and oxygen atoms in total. The van der Waals surface area contributed by atoms with E-state index in [1.807, 2.05) is 13.0 Å². The zero-order chi connectivity index (χ0) is 7.40. The van der Waals surface area contributed by atoms with E-state index < -0.39 is 0 Å². The standard InChI is InChI=1S/C6H11N3O/c1-5(4-10-7)6-2-3-8-9-6/h2-3,5H,4,7H2,1H3,(H,8,9). The molecule has 56 valence electrons. The molecule has 1 atom stereocenters. The summed E-state index contributed by atoms with van der Waals surface area (Å²) in [5.41, 5.74) is 1.05. The van der Waals surface area contributed by atoms with Gasteiger partial charge in [0, 0.05) is 17.8 Å². The van der Waals surface area contributed by atoms with Crippen LogP contribution in [0.15, 0.2) is 12.3 Å². The van der Waals surface area contributed by atoms with Gasteiger partial charge in [0.05, 0.1) is 6.61 Å². The minimum atomic E-state index is 0.285. The average molecular weight is 141 g/mol. The van der Waals surface area contributed by atoms with Gasteiger partial charge in [-0.15, -0.1) is 0 Å². The minimum Gasteiger partial charge on any atom is -0.304 e. The van der Waals surface area contributed by atoms with Crippen LogP contribution < -0.4 is 5.90 Å². The first-order valence-electron chi connectivity index (χ1n) is 3.15. The molecule has 1 unspecified atom stereocenters. The fraction of sp³-hybridized carbons (Fsp3) is 0.500. The van der Waals surface area contributed by atoms with Crippen molar-refractivity contribution in [2.75, 3.05) is 6.61 Å². The number of H-pyrrole nitrogens is 1. The van der Waals surface area contributed by atoms with Crippen LogP contribution in [-0.2, 0) is 4.84 Å². The van der Waals surface area contributed by atoms with Crippen LogP contribution in [0.3, 0.4) is 0 Å². The lowest BCUT2D eigenvalue weighted by Crippen LogP contribution is -2.08. The molecule has 0 aliphatic heterocycles. The van der Waals surface area contributed by atoms with Gasteiger partial charge in [-0.25, -0.2) is 5.90 Å². The van der Waals surface area contributed by atoms with Crippen molar-refractivity contribution in [1.82, 2.24) is 10.2 Å². The molecule has 1 aromatic rings. The Hall–Kier alpha value is -0.870. The summed E-state index contributed by atoms with van der Waals surface area (Å²) < 4.78 is 0. The minimum absolute atomic E-state index is 0.285. The number of nitrogens with zero attached hydrogens (tertiary/aromatic N) is 1. The van der Waals surface area contributed by atoms with E-state index in [0.29, 0.717) is 6.61 Å². The highest BCUT2D eigenvalue weighted by Gasteiger charge is 2.04. The van der Waals surface area contributed by atoms with Crippen LogP contribution in [-0.4, -0.2) is 16.8 Å².